The van der Waals surface area contributed by atoms with Crippen LogP contribution in [0.2, 0.25) is 5.02 Å². The van der Waals surface area contributed by atoms with E-state index in [2.05, 4.69) is 27.2 Å². The predicted molar refractivity (Wildman–Crippen MR) is 70.2 cm³/mol. The summed E-state index contributed by atoms with van der Waals surface area (Å²) < 4.78 is 0. The van der Waals surface area contributed by atoms with Gasteiger partial charge in [-0.05, 0) is 12.5 Å². The van der Waals surface area contributed by atoms with Gasteiger partial charge in [0.1, 0.15) is 5.52 Å². The Bertz CT molecular complexity index is 528. The van der Waals surface area contributed by atoms with Crippen LogP contribution in [0.3, 0.4) is 0 Å². The zero-order valence-electron chi connectivity index (χ0n) is 9.57. The fourth-order valence-electron chi connectivity index (χ4n) is 1.47. The average Bonchev–Trinajstić information content (AvgIpc) is 2.28. The first-order valence-corrected chi connectivity index (χ1v) is 5.91. The smallest absolute Gasteiger partial charge is 0.225 e. The Kier molecular flexibility index (Phi) is 3.58. The van der Waals surface area contributed by atoms with Gasteiger partial charge in [-0.2, -0.15) is 4.98 Å². The van der Waals surface area contributed by atoms with E-state index in [9.17, 15) is 0 Å². The number of nitrogen functional groups attached to an aromatic ring is 1. The molecule has 0 bridgehead atoms. The zero-order chi connectivity index (χ0) is 12.3. The molecule has 0 spiro atoms. The molecule has 5 nitrogen and oxygen atoms in total. The first-order valence-electron chi connectivity index (χ1n) is 5.53. The molecule has 0 fully saturated rings. The third kappa shape index (κ3) is 2.74. The zero-order valence-corrected chi connectivity index (χ0v) is 10.3. The number of fused-ring (bicyclic) bond motifs is 1. The lowest BCUT2D eigenvalue weighted by Gasteiger charge is -2.06. The lowest BCUT2D eigenvalue weighted by Crippen LogP contribution is -2.07. The molecule has 0 unspecified atom stereocenters. The van der Waals surface area contributed by atoms with Crippen molar-refractivity contribution in [3.63, 3.8) is 0 Å². The van der Waals surface area contributed by atoms with Gasteiger partial charge in [0, 0.05) is 12.7 Å². The Balaban J connectivity index is 2.33. The van der Waals surface area contributed by atoms with Crippen LogP contribution in [-0.2, 0) is 0 Å². The summed E-state index contributed by atoms with van der Waals surface area (Å²) >= 11 is 5.87. The molecule has 2 rings (SSSR count). The molecule has 2 aromatic heterocycles. The normalized spacial score (nSPS) is 10.7. The van der Waals surface area contributed by atoms with E-state index in [4.69, 9.17) is 17.3 Å². The van der Waals surface area contributed by atoms with Gasteiger partial charge in [-0.3, -0.25) is 0 Å². The standard InChI is InChI=1S/C11H14ClN5/c1-2-3-4-14-11-16-8-5-7(12)6-15-9(8)10(13)17-11/h5-6H,2-4H2,1H3,(H3,13,14,16,17). The van der Waals surface area contributed by atoms with Crippen LogP contribution in [0, 0.1) is 0 Å². The summed E-state index contributed by atoms with van der Waals surface area (Å²) in [5, 5.41) is 3.66. The number of halogens is 1. The van der Waals surface area contributed by atoms with Crippen molar-refractivity contribution in [1.29, 1.82) is 0 Å². The fourth-order valence-corrected chi connectivity index (χ4v) is 1.63. The highest BCUT2D eigenvalue weighted by atomic mass is 35.5. The van der Waals surface area contributed by atoms with Gasteiger partial charge in [0.15, 0.2) is 5.82 Å². The number of nitrogens with one attached hydrogen (secondary N) is 1. The number of hydrogen-bond donors (Lipinski definition) is 2. The van der Waals surface area contributed by atoms with Gasteiger partial charge < -0.3 is 11.1 Å². The first-order chi connectivity index (χ1) is 8.20. The number of hydrogen-bond acceptors (Lipinski definition) is 5. The minimum atomic E-state index is 0.366. The summed E-state index contributed by atoms with van der Waals surface area (Å²) in [5.41, 5.74) is 7.05. The molecular formula is C11H14ClN5. The Morgan fingerprint density at radius 1 is 1.41 bits per heavy atom. The van der Waals surface area contributed by atoms with Crippen molar-refractivity contribution in [3.8, 4) is 0 Å². The number of anilines is 2. The SMILES string of the molecule is CCCCNc1nc(N)c2ncc(Cl)cc2n1. The third-order valence-electron chi connectivity index (χ3n) is 2.34. The summed E-state index contributed by atoms with van der Waals surface area (Å²) in [5.74, 6) is 0.887. The van der Waals surface area contributed by atoms with Gasteiger partial charge in [-0.1, -0.05) is 24.9 Å². The molecule has 0 atom stereocenters. The molecule has 3 N–H and O–H groups in total. The van der Waals surface area contributed by atoms with E-state index in [1.807, 2.05) is 0 Å². The molecule has 0 aliphatic heterocycles. The topological polar surface area (TPSA) is 76.7 Å². The molecule has 2 aromatic rings. The Labute approximate surface area is 104 Å². The van der Waals surface area contributed by atoms with Crippen LogP contribution in [0.5, 0.6) is 0 Å². The number of aromatic nitrogens is 3. The van der Waals surface area contributed by atoms with E-state index >= 15 is 0 Å². The maximum Gasteiger partial charge on any atom is 0.225 e. The molecule has 90 valence electrons. The number of nitrogens with two attached hydrogens (primary N) is 1. The van der Waals surface area contributed by atoms with Crippen LogP contribution in [0.15, 0.2) is 12.3 Å². The monoisotopic (exact) mass is 251 g/mol. The van der Waals surface area contributed by atoms with Crippen molar-refractivity contribution in [3.05, 3.63) is 17.3 Å². The second-order valence-electron chi connectivity index (χ2n) is 3.73. The maximum atomic E-state index is 5.87. The van der Waals surface area contributed by atoms with Crippen LogP contribution in [0.4, 0.5) is 11.8 Å². The maximum absolute atomic E-state index is 5.87. The Hall–Kier alpha value is -1.62. The van der Waals surface area contributed by atoms with Crippen LogP contribution in [0.25, 0.3) is 11.0 Å². The summed E-state index contributed by atoms with van der Waals surface area (Å²) in [7, 11) is 0. The Morgan fingerprint density at radius 2 is 2.24 bits per heavy atom. The van der Waals surface area contributed by atoms with Crippen molar-refractivity contribution >= 4 is 34.4 Å². The number of unbranched alkanes of at least 4 members (excludes halogenated alkanes) is 1. The van der Waals surface area contributed by atoms with Gasteiger partial charge in [0.05, 0.1) is 10.5 Å². The minimum absolute atomic E-state index is 0.366. The summed E-state index contributed by atoms with van der Waals surface area (Å²) in [6, 6.07) is 1.73. The van der Waals surface area contributed by atoms with E-state index in [0.29, 0.717) is 27.8 Å². The lowest BCUT2D eigenvalue weighted by molar-refractivity contribution is 0.827. The molecule has 17 heavy (non-hydrogen) atoms. The number of pyridine rings is 1. The second-order valence-corrected chi connectivity index (χ2v) is 4.17. The van der Waals surface area contributed by atoms with Gasteiger partial charge in [0.25, 0.3) is 0 Å². The minimum Gasteiger partial charge on any atom is -0.382 e. The van der Waals surface area contributed by atoms with Crippen molar-refractivity contribution in [1.82, 2.24) is 15.0 Å². The fraction of sp³-hybridized carbons (Fsp3) is 0.364. The molecule has 0 radical (unpaired) electrons. The predicted octanol–water partition coefficient (Wildman–Crippen LogP) is 2.47. The van der Waals surface area contributed by atoms with Gasteiger partial charge in [-0.15, -0.1) is 0 Å². The molecule has 0 aliphatic rings. The van der Waals surface area contributed by atoms with Crippen LogP contribution in [-0.4, -0.2) is 21.5 Å². The Morgan fingerprint density at radius 3 is 3.00 bits per heavy atom. The first kappa shape index (κ1) is 11.9. The molecule has 0 saturated heterocycles. The number of nitrogens with zero attached hydrogens (tertiary/aromatic N) is 3. The molecule has 2 heterocycles. The third-order valence-corrected chi connectivity index (χ3v) is 2.55. The molecule has 0 amide bonds. The van der Waals surface area contributed by atoms with E-state index in [1.165, 1.54) is 6.20 Å². The van der Waals surface area contributed by atoms with E-state index in [1.54, 1.807) is 6.07 Å². The molecule has 0 aromatic carbocycles. The van der Waals surface area contributed by atoms with Crippen LogP contribution >= 0.6 is 11.6 Å². The van der Waals surface area contributed by atoms with Crippen molar-refractivity contribution in [2.24, 2.45) is 0 Å². The second kappa shape index (κ2) is 5.14. The van der Waals surface area contributed by atoms with Gasteiger partial charge in [0.2, 0.25) is 5.95 Å². The van der Waals surface area contributed by atoms with Crippen molar-refractivity contribution in [2.75, 3.05) is 17.6 Å². The highest BCUT2D eigenvalue weighted by Crippen LogP contribution is 2.20. The van der Waals surface area contributed by atoms with E-state index < -0.39 is 0 Å². The summed E-state index contributed by atoms with van der Waals surface area (Å²) in [6.07, 6.45) is 3.71. The highest BCUT2D eigenvalue weighted by molar-refractivity contribution is 6.31. The van der Waals surface area contributed by atoms with E-state index in [0.717, 1.165) is 19.4 Å². The lowest BCUT2D eigenvalue weighted by atomic mass is 10.3. The largest absolute Gasteiger partial charge is 0.382 e. The van der Waals surface area contributed by atoms with Crippen LogP contribution < -0.4 is 11.1 Å². The van der Waals surface area contributed by atoms with Crippen molar-refractivity contribution in [2.45, 2.75) is 19.8 Å². The summed E-state index contributed by atoms with van der Waals surface area (Å²) in [4.78, 5) is 12.6. The molecule has 6 heteroatoms. The highest BCUT2D eigenvalue weighted by Gasteiger charge is 2.06. The number of rotatable bonds is 4. The molecular weight excluding hydrogens is 238 g/mol. The van der Waals surface area contributed by atoms with Crippen LogP contribution in [0.1, 0.15) is 19.8 Å². The quantitative estimate of drug-likeness (QED) is 0.817. The van der Waals surface area contributed by atoms with E-state index in [-0.39, 0.29) is 0 Å². The van der Waals surface area contributed by atoms with Crippen molar-refractivity contribution < 1.29 is 0 Å². The summed E-state index contributed by atoms with van der Waals surface area (Å²) in [6.45, 7) is 2.95. The van der Waals surface area contributed by atoms with Gasteiger partial charge >= 0.3 is 0 Å². The molecule has 0 saturated carbocycles. The van der Waals surface area contributed by atoms with Gasteiger partial charge in [-0.25, -0.2) is 9.97 Å². The molecule has 0 aliphatic carbocycles. The average molecular weight is 252 g/mol.